The molecule has 0 unspecified atom stereocenters. The third-order valence-electron chi connectivity index (χ3n) is 3.68. The Bertz CT molecular complexity index is 286. The third-order valence-corrected chi connectivity index (χ3v) is 3.68. The average Bonchev–Trinajstić information content (AvgIpc) is 2.14. The summed E-state index contributed by atoms with van der Waals surface area (Å²) in [5, 5.41) is 3.33. The highest BCUT2D eigenvalue weighted by molar-refractivity contribution is 5.82. The summed E-state index contributed by atoms with van der Waals surface area (Å²) < 4.78 is 5.60. The molecule has 1 saturated heterocycles. The van der Waals surface area contributed by atoms with Crippen molar-refractivity contribution < 1.29 is 9.53 Å². The van der Waals surface area contributed by atoms with Gasteiger partial charge in [-0.25, -0.2) is 0 Å². The molecule has 0 aromatic carbocycles. The zero-order chi connectivity index (χ0) is 12.5. The quantitative estimate of drug-likeness (QED) is 0.735. The summed E-state index contributed by atoms with van der Waals surface area (Å²) in [6.45, 7) is 9.69. The largest absolute Gasteiger partial charge is 0.459 e. The molecule has 0 bridgehead atoms. The second kappa shape index (κ2) is 4.58. The molecule has 0 aromatic heterocycles. The number of esters is 1. The Morgan fingerprint density at radius 2 is 1.82 bits per heavy atom. The maximum absolute atomic E-state index is 12.4. The Balaban J connectivity index is 2.05. The van der Waals surface area contributed by atoms with E-state index in [4.69, 9.17) is 4.74 Å². The van der Waals surface area contributed by atoms with Crippen LogP contribution in [0.1, 0.15) is 40.0 Å². The van der Waals surface area contributed by atoms with Crippen molar-refractivity contribution in [2.24, 2.45) is 0 Å². The minimum absolute atomic E-state index is 0.0156. The lowest BCUT2D eigenvalue weighted by atomic mass is 9.74. The predicted molar refractivity (Wildman–Crippen MR) is 66.9 cm³/mol. The number of ether oxygens (including phenoxy) is 1. The molecule has 0 radical (unpaired) electrons. The van der Waals surface area contributed by atoms with Crippen LogP contribution in [0.25, 0.3) is 0 Å². The van der Waals surface area contributed by atoms with E-state index < -0.39 is 0 Å². The number of rotatable bonds is 2. The van der Waals surface area contributed by atoms with Gasteiger partial charge < -0.3 is 10.1 Å². The molecule has 4 nitrogen and oxygen atoms in total. The molecule has 2 fully saturated rings. The standard InChI is InChI=1S/C13H24N2O2/c1-12(2,3)17-11(16)13(5-4-6-13)15-9-7-14-8-10-15/h14H,4-10H2,1-3H3. The minimum Gasteiger partial charge on any atom is -0.459 e. The molecule has 0 atom stereocenters. The van der Waals surface area contributed by atoms with E-state index >= 15 is 0 Å². The molecule has 2 aliphatic rings. The normalized spacial score (nSPS) is 25.1. The molecular formula is C13H24N2O2. The van der Waals surface area contributed by atoms with Gasteiger partial charge in [0.2, 0.25) is 0 Å². The molecule has 1 saturated carbocycles. The topological polar surface area (TPSA) is 41.6 Å². The van der Waals surface area contributed by atoms with E-state index in [1.54, 1.807) is 0 Å². The van der Waals surface area contributed by atoms with E-state index in [-0.39, 0.29) is 17.1 Å². The molecular weight excluding hydrogens is 216 g/mol. The van der Waals surface area contributed by atoms with Gasteiger partial charge in [-0.1, -0.05) is 0 Å². The van der Waals surface area contributed by atoms with Gasteiger partial charge in [0.05, 0.1) is 0 Å². The van der Waals surface area contributed by atoms with Gasteiger partial charge in [0.1, 0.15) is 11.1 Å². The molecule has 1 N–H and O–H groups in total. The van der Waals surface area contributed by atoms with Crippen molar-refractivity contribution in [3.05, 3.63) is 0 Å². The van der Waals surface area contributed by atoms with Crippen molar-refractivity contribution in [2.45, 2.75) is 51.2 Å². The lowest BCUT2D eigenvalue weighted by molar-refractivity contribution is -0.177. The van der Waals surface area contributed by atoms with Crippen LogP contribution in [0.3, 0.4) is 0 Å². The number of piperazine rings is 1. The SMILES string of the molecule is CC(C)(C)OC(=O)C1(N2CCNCC2)CCC1. The third kappa shape index (κ3) is 2.63. The van der Waals surface area contributed by atoms with E-state index in [2.05, 4.69) is 10.2 Å². The lowest BCUT2D eigenvalue weighted by Gasteiger charge is -2.50. The maximum atomic E-state index is 12.4. The van der Waals surface area contributed by atoms with Crippen molar-refractivity contribution in [1.82, 2.24) is 10.2 Å². The Labute approximate surface area is 104 Å². The molecule has 0 amide bonds. The molecule has 2 rings (SSSR count). The molecule has 1 heterocycles. The van der Waals surface area contributed by atoms with Gasteiger partial charge in [-0.15, -0.1) is 0 Å². The highest BCUT2D eigenvalue weighted by Gasteiger charge is 2.51. The van der Waals surface area contributed by atoms with Crippen LogP contribution in [-0.2, 0) is 9.53 Å². The summed E-state index contributed by atoms with van der Waals surface area (Å²) in [6, 6.07) is 0. The zero-order valence-corrected chi connectivity index (χ0v) is 11.2. The molecule has 1 aliphatic heterocycles. The fraction of sp³-hybridized carbons (Fsp3) is 0.923. The zero-order valence-electron chi connectivity index (χ0n) is 11.2. The first-order chi connectivity index (χ1) is 7.94. The van der Waals surface area contributed by atoms with Crippen LogP contribution >= 0.6 is 0 Å². The molecule has 4 heteroatoms. The first-order valence-corrected chi connectivity index (χ1v) is 6.63. The van der Waals surface area contributed by atoms with Crippen LogP contribution in [0.2, 0.25) is 0 Å². The predicted octanol–water partition coefficient (Wildman–Crippen LogP) is 1.16. The van der Waals surface area contributed by atoms with Gasteiger partial charge >= 0.3 is 5.97 Å². The van der Waals surface area contributed by atoms with E-state index in [0.717, 1.165) is 45.4 Å². The summed E-state index contributed by atoms with van der Waals surface area (Å²) >= 11 is 0. The van der Waals surface area contributed by atoms with Crippen LogP contribution < -0.4 is 5.32 Å². The van der Waals surface area contributed by atoms with E-state index in [0.29, 0.717) is 0 Å². The van der Waals surface area contributed by atoms with E-state index in [1.165, 1.54) is 0 Å². The van der Waals surface area contributed by atoms with Gasteiger partial charge in [0.15, 0.2) is 0 Å². The van der Waals surface area contributed by atoms with Crippen molar-refractivity contribution in [2.75, 3.05) is 26.2 Å². The number of hydrogen-bond donors (Lipinski definition) is 1. The van der Waals surface area contributed by atoms with Gasteiger partial charge in [0, 0.05) is 26.2 Å². The van der Waals surface area contributed by atoms with E-state index in [1.807, 2.05) is 20.8 Å². The second-order valence-corrected chi connectivity index (χ2v) is 6.12. The van der Waals surface area contributed by atoms with Crippen LogP contribution in [0, 0.1) is 0 Å². The summed E-state index contributed by atoms with van der Waals surface area (Å²) in [5.74, 6) is -0.0156. The summed E-state index contributed by atoms with van der Waals surface area (Å²) in [5.41, 5.74) is -0.691. The van der Waals surface area contributed by atoms with Gasteiger partial charge in [-0.05, 0) is 40.0 Å². The first-order valence-electron chi connectivity index (χ1n) is 6.63. The smallest absolute Gasteiger partial charge is 0.327 e. The Kier molecular flexibility index (Phi) is 3.46. The lowest BCUT2D eigenvalue weighted by Crippen LogP contribution is -2.64. The number of nitrogens with zero attached hydrogens (tertiary/aromatic N) is 1. The summed E-state index contributed by atoms with van der Waals surface area (Å²) in [4.78, 5) is 14.7. The minimum atomic E-state index is -0.381. The number of nitrogens with one attached hydrogen (secondary N) is 1. The second-order valence-electron chi connectivity index (χ2n) is 6.12. The molecule has 98 valence electrons. The highest BCUT2D eigenvalue weighted by Crippen LogP contribution is 2.39. The van der Waals surface area contributed by atoms with Crippen LogP contribution in [-0.4, -0.2) is 48.2 Å². The molecule has 0 spiro atoms. The van der Waals surface area contributed by atoms with Crippen molar-refractivity contribution in [3.63, 3.8) is 0 Å². The Morgan fingerprint density at radius 1 is 1.24 bits per heavy atom. The monoisotopic (exact) mass is 240 g/mol. The maximum Gasteiger partial charge on any atom is 0.327 e. The number of hydrogen-bond acceptors (Lipinski definition) is 4. The number of carbonyl (C=O) groups is 1. The van der Waals surface area contributed by atoms with Gasteiger partial charge in [0.25, 0.3) is 0 Å². The fourth-order valence-electron chi connectivity index (χ4n) is 2.63. The Morgan fingerprint density at radius 3 is 2.24 bits per heavy atom. The van der Waals surface area contributed by atoms with Crippen LogP contribution in [0.4, 0.5) is 0 Å². The Hall–Kier alpha value is -0.610. The fourth-order valence-corrected chi connectivity index (χ4v) is 2.63. The van der Waals surface area contributed by atoms with Crippen molar-refractivity contribution in [1.29, 1.82) is 0 Å². The van der Waals surface area contributed by atoms with E-state index in [9.17, 15) is 4.79 Å². The summed E-state index contributed by atoms with van der Waals surface area (Å²) in [7, 11) is 0. The van der Waals surface area contributed by atoms with Crippen molar-refractivity contribution in [3.8, 4) is 0 Å². The molecule has 17 heavy (non-hydrogen) atoms. The molecule has 1 aliphatic carbocycles. The van der Waals surface area contributed by atoms with Crippen LogP contribution in [0.5, 0.6) is 0 Å². The summed E-state index contributed by atoms with van der Waals surface area (Å²) in [6.07, 6.45) is 3.06. The molecule has 0 aromatic rings. The first kappa shape index (κ1) is 12.8. The van der Waals surface area contributed by atoms with Gasteiger partial charge in [-0.3, -0.25) is 9.69 Å². The van der Waals surface area contributed by atoms with Crippen molar-refractivity contribution >= 4 is 5.97 Å². The average molecular weight is 240 g/mol. The van der Waals surface area contributed by atoms with Gasteiger partial charge in [-0.2, -0.15) is 0 Å². The number of carbonyl (C=O) groups excluding carboxylic acids is 1. The van der Waals surface area contributed by atoms with Crippen LogP contribution in [0.15, 0.2) is 0 Å². The highest BCUT2D eigenvalue weighted by atomic mass is 16.6.